The lowest BCUT2D eigenvalue weighted by Crippen LogP contribution is -2.48. The molecule has 0 bridgehead atoms. The number of anilines is 1. The van der Waals surface area contributed by atoms with Crippen molar-refractivity contribution >= 4 is 21.4 Å². The summed E-state index contributed by atoms with van der Waals surface area (Å²) in [7, 11) is -3.15. The third-order valence-corrected chi connectivity index (χ3v) is 7.98. The zero-order chi connectivity index (χ0) is 25.0. The van der Waals surface area contributed by atoms with Crippen LogP contribution in [0.4, 0.5) is 5.69 Å². The van der Waals surface area contributed by atoms with Gasteiger partial charge in [-0.15, -0.1) is 0 Å². The lowest BCUT2D eigenvalue weighted by molar-refractivity contribution is 0.317. The van der Waals surface area contributed by atoms with Crippen molar-refractivity contribution in [2.45, 2.75) is 26.2 Å². The van der Waals surface area contributed by atoms with E-state index in [2.05, 4.69) is 58.4 Å². The van der Waals surface area contributed by atoms with Gasteiger partial charge in [0.2, 0.25) is 10.0 Å². The molecule has 2 heterocycles. The maximum atomic E-state index is 11.8. The highest BCUT2D eigenvalue weighted by Gasteiger charge is 2.24. The van der Waals surface area contributed by atoms with Gasteiger partial charge < -0.3 is 10.1 Å². The van der Waals surface area contributed by atoms with Crippen molar-refractivity contribution in [1.82, 2.24) is 9.29 Å². The summed E-state index contributed by atoms with van der Waals surface area (Å²) in [6.45, 7) is 6.34. The van der Waals surface area contributed by atoms with Gasteiger partial charge in [0.25, 0.3) is 0 Å². The standard InChI is InChI=1S/C27H32N4O3S/c1-20-6-4-5-7-25(20)26(19-27(29-32)23-12-13-28-21(2)18-23)22-8-10-24(11-9-22)30-14-16-31(17-15-30)35(3,33)34/h4-13,18,26,32H,14-17,19H2,1-3H3/b29-27-/t26-/m1/s1. The molecular weight excluding hydrogens is 460 g/mol. The molecule has 8 heteroatoms. The molecule has 0 aliphatic carbocycles. The summed E-state index contributed by atoms with van der Waals surface area (Å²) in [5.41, 5.74) is 6.92. The molecule has 3 aromatic rings. The monoisotopic (exact) mass is 492 g/mol. The molecule has 35 heavy (non-hydrogen) atoms. The second-order valence-corrected chi connectivity index (χ2v) is 11.1. The minimum atomic E-state index is -3.15. The molecule has 4 rings (SSSR count). The summed E-state index contributed by atoms with van der Waals surface area (Å²) in [4.78, 5) is 6.48. The molecule has 0 saturated carbocycles. The molecule has 1 atom stereocenters. The Morgan fingerprint density at radius 3 is 2.31 bits per heavy atom. The zero-order valence-electron chi connectivity index (χ0n) is 20.4. The van der Waals surface area contributed by atoms with Crippen LogP contribution in [0.3, 0.4) is 0 Å². The Kier molecular flexibility index (Phi) is 7.52. The van der Waals surface area contributed by atoms with E-state index in [4.69, 9.17) is 0 Å². The number of rotatable bonds is 7. The quantitative estimate of drug-likeness (QED) is 0.304. The largest absolute Gasteiger partial charge is 0.411 e. The fourth-order valence-electron chi connectivity index (χ4n) is 4.72. The maximum Gasteiger partial charge on any atom is 0.211 e. The average molecular weight is 493 g/mol. The molecule has 2 aromatic carbocycles. The number of sulfonamides is 1. The summed E-state index contributed by atoms with van der Waals surface area (Å²) in [6.07, 6.45) is 3.54. The molecular formula is C27H32N4O3S. The lowest BCUT2D eigenvalue weighted by atomic mass is 9.83. The van der Waals surface area contributed by atoms with E-state index >= 15 is 0 Å². The normalized spacial score (nSPS) is 16.3. The molecule has 1 aromatic heterocycles. The van der Waals surface area contributed by atoms with Crippen LogP contribution in [0.25, 0.3) is 0 Å². The van der Waals surface area contributed by atoms with Crippen molar-refractivity contribution in [3.8, 4) is 0 Å². The predicted molar refractivity (Wildman–Crippen MR) is 140 cm³/mol. The number of nitrogens with zero attached hydrogens (tertiary/aromatic N) is 4. The van der Waals surface area contributed by atoms with Crippen molar-refractivity contribution in [2.24, 2.45) is 5.16 Å². The van der Waals surface area contributed by atoms with E-state index < -0.39 is 10.0 Å². The Labute approximate surface area is 207 Å². The Bertz CT molecular complexity index is 1300. The highest BCUT2D eigenvalue weighted by molar-refractivity contribution is 7.88. The molecule has 7 nitrogen and oxygen atoms in total. The Balaban J connectivity index is 1.60. The Hall–Kier alpha value is -3.23. The van der Waals surface area contributed by atoms with E-state index in [0.29, 0.717) is 38.3 Å². The third kappa shape index (κ3) is 5.89. The molecule has 1 aliphatic heterocycles. The third-order valence-electron chi connectivity index (χ3n) is 6.68. The molecule has 184 valence electrons. The van der Waals surface area contributed by atoms with Gasteiger partial charge in [0.05, 0.1) is 12.0 Å². The van der Waals surface area contributed by atoms with Crippen molar-refractivity contribution < 1.29 is 13.6 Å². The first-order valence-corrected chi connectivity index (χ1v) is 13.6. The number of piperazine rings is 1. The van der Waals surface area contributed by atoms with Gasteiger partial charge in [0, 0.05) is 61.7 Å². The van der Waals surface area contributed by atoms with Gasteiger partial charge in [-0.05, 0) is 54.8 Å². The molecule has 0 radical (unpaired) electrons. The van der Waals surface area contributed by atoms with Crippen LogP contribution >= 0.6 is 0 Å². The highest BCUT2D eigenvalue weighted by Crippen LogP contribution is 2.33. The van der Waals surface area contributed by atoms with Crippen LogP contribution in [-0.2, 0) is 10.0 Å². The summed E-state index contributed by atoms with van der Waals surface area (Å²) >= 11 is 0. The van der Waals surface area contributed by atoms with Gasteiger partial charge >= 0.3 is 0 Å². The van der Waals surface area contributed by atoms with Gasteiger partial charge in [-0.1, -0.05) is 41.6 Å². The van der Waals surface area contributed by atoms with Crippen LogP contribution in [-0.4, -0.2) is 61.1 Å². The van der Waals surface area contributed by atoms with Crippen molar-refractivity contribution in [3.63, 3.8) is 0 Å². The molecule has 1 fully saturated rings. The zero-order valence-corrected chi connectivity index (χ0v) is 21.2. The summed E-state index contributed by atoms with van der Waals surface area (Å²) in [6, 6.07) is 20.6. The SMILES string of the molecule is Cc1cc(/C(C[C@H](c2ccc(N3CCN(S(C)(=O)=O)CC3)cc2)c2ccccc2C)=N\O)ccn1. The fraction of sp³-hybridized carbons (Fsp3) is 0.333. The van der Waals surface area contributed by atoms with E-state index in [1.165, 1.54) is 21.7 Å². The van der Waals surface area contributed by atoms with Crippen LogP contribution in [0.5, 0.6) is 0 Å². The van der Waals surface area contributed by atoms with Gasteiger partial charge in [-0.3, -0.25) is 4.98 Å². The molecule has 0 amide bonds. The van der Waals surface area contributed by atoms with Gasteiger partial charge in [0.15, 0.2) is 0 Å². The van der Waals surface area contributed by atoms with Crippen molar-refractivity contribution in [1.29, 1.82) is 0 Å². The Morgan fingerprint density at radius 1 is 1.03 bits per heavy atom. The van der Waals surface area contributed by atoms with Crippen LogP contribution in [0.2, 0.25) is 0 Å². The molecule has 0 spiro atoms. The Morgan fingerprint density at radius 2 is 1.71 bits per heavy atom. The van der Waals surface area contributed by atoms with Crippen molar-refractivity contribution in [2.75, 3.05) is 37.3 Å². The average Bonchev–Trinajstić information content (AvgIpc) is 2.85. The van der Waals surface area contributed by atoms with Gasteiger partial charge in [-0.2, -0.15) is 4.31 Å². The van der Waals surface area contributed by atoms with E-state index in [9.17, 15) is 13.6 Å². The van der Waals surface area contributed by atoms with E-state index in [0.717, 1.165) is 22.5 Å². The van der Waals surface area contributed by atoms with Gasteiger partial charge in [-0.25, -0.2) is 8.42 Å². The number of aryl methyl sites for hydroxylation is 2. The van der Waals surface area contributed by atoms with E-state index in [-0.39, 0.29) is 5.92 Å². The lowest BCUT2D eigenvalue weighted by Gasteiger charge is -2.35. The predicted octanol–water partition coefficient (Wildman–Crippen LogP) is 4.18. The number of hydrogen-bond acceptors (Lipinski definition) is 6. The fourth-order valence-corrected chi connectivity index (χ4v) is 5.54. The first kappa shape index (κ1) is 24.9. The second-order valence-electron chi connectivity index (χ2n) is 9.09. The molecule has 1 aliphatic rings. The second kappa shape index (κ2) is 10.6. The van der Waals surface area contributed by atoms with E-state index in [1.54, 1.807) is 6.20 Å². The smallest absolute Gasteiger partial charge is 0.211 e. The van der Waals surface area contributed by atoms with Crippen molar-refractivity contribution in [3.05, 3.63) is 94.8 Å². The summed E-state index contributed by atoms with van der Waals surface area (Å²) in [5, 5.41) is 13.6. The topological polar surface area (TPSA) is 86.1 Å². The number of pyridine rings is 1. The van der Waals surface area contributed by atoms with Crippen LogP contribution < -0.4 is 4.90 Å². The summed E-state index contributed by atoms with van der Waals surface area (Å²) in [5.74, 6) is 0.00621. The first-order chi connectivity index (χ1) is 16.8. The van der Waals surface area contributed by atoms with Crippen LogP contribution in [0, 0.1) is 13.8 Å². The number of aromatic nitrogens is 1. The number of oxime groups is 1. The first-order valence-electron chi connectivity index (χ1n) is 11.8. The maximum absolute atomic E-state index is 11.8. The molecule has 1 N–H and O–H groups in total. The minimum Gasteiger partial charge on any atom is -0.411 e. The molecule has 0 unspecified atom stereocenters. The van der Waals surface area contributed by atoms with Crippen LogP contribution in [0.1, 0.15) is 40.3 Å². The van der Waals surface area contributed by atoms with E-state index in [1.807, 2.05) is 31.2 Å². The number of benzene rings is 2. The van der Waals surface area contributed by atoms with Crippen LogP contribution in [0.15, 0.2) is 72.0 Å². The minimum absolute atomic E-state index is 0.00621. The molecule has 1 saturated heterocycles. The summed E-state index contributed by atoms with van der Waals surface area (Å²) < 4.78 is 25.2. The van der Waals surface area contributed by atoms with Gasteiger partial charge in [0.1, 0.15) is 0 Å². The number of hydrogen-bond donors (Lipinski definition) is 1. The highest BCUT2D eigenvalue weighted by atomic mass is 32.2.